The van der Waals surface area contributed by atoms with Crippen LogP contribution < -0.4 is 5.73 Å². The third-order valence-electron chi connectivity index (χ3n) is 4.46. The summed E-state index contributed by atoms with van der Waals surface area (Å²) < 4.78 is 27.4. The summed E-state index contributed by atoms with van der Waals surface area (Å²) in [5.41, 5.74) is 7.15. The average Bonchev–Trinajstić information content (AvgIpc) is 2.53. The van der Waals surface area contributed by atoms with Crippen molar-refractivity contribution in [1.82, 2.24) is 4.90 Å². The molecule has 0 aromatic heterocycles. The zero-order valence-corrected chi connectivity index (χ0v) is 13.7. The van der Waals surface area contributed by atoms with Crippen LogP contribution in [0, 0.1) is 11.6 Å². The first kappa shape index (κ1) is 17.9. The van der Waals surface area contributed by atoms with Crippen LogP contribution in [-0.4, -0.2) is 18.0 Å². The van der Waals surface area contributed by atoms with E-state index in [4.69, 9.17) is 5.73 Å². The lowest BCUT2D eigenvalue weighted by Gasteiger charge is -2.39. The molecule has 0 spiro atoms. The monoisotopic (exact) mass is 338 g/mol. The van der Waals surface area contributed by atoms with Crippen LogP contribution in [0.15, 0.2) is 48.5 Å². The van der Waals surface area contributed by atoms with Gasteiger partial charge in [0.1, 0.15) is 11.6 Å². The van der Waals surface area contributed by atoms with E-state index in [-0.39, 0.29) is 12.4 Å². The van der Waals surface area contributed by atoms with Gasteiger partial charge in [0.2, 0.25) is 0 Å². The quantitative estimate of drug-likeness (QED) is 0.921. The van der Waals surface area contributed by atoms with Crippen LogP contribution in [0.25, 0.3) is 0 Å². The van der Waals surface area contributed by atoms with Crippen molar-refractivity contribution in [2.24, 2.45) is 5.73 Å². The molecule has 2 aromatic rings. The van der Waals surface area contributed by atoms with Crippen molar-refractivity contribution in [3.8, 4) is 0 Å². The molecule has 0 unspecified atom stereocenters. The largest absolute Gasteiger partial charge is 0.321 e. The van der Waals surface area contributed by atoms with Crippen molar-refractivity contribution in [3.63, 3.8) is 0 Å². The van der Waals surface area contributed by atoms with E-state index in [9.17, 15) is 8.78 Å². The summed E-state index contributed by atoms with van der Waals surface area (Å²) in [6.45, 7) is 2.42. The predicted octanol–water partition coefficient (Wildman–Crippen LogP) is 3.84. The first-order chi connectivity index (χ1) is 10.6. The number of piperidine rings is 1. The fourth-order valence-electron chi connectivity index (χ4n) is 3.10. The summed E-state index contributed by atoms with van der Waals surface area (Å²) in [5.74, 6) is -0.853. The highest BCUT2D eigenvalue weighted by atomic mass is 35.5. The van der Waals surface area contributed by atoms with E-state index < -0.39 is 17.2 Å². The van der Waals surface area contributed by atoms with Crippen LogP contribution >= 0.6 is 12.4 Å². The molecule has 3 rings (SSSR count). The van der Waals surface area contributed by atoms with Gasteiger partial charge in [0.15, 0.2) is 0 Å². The Balaban J connectivity index is 0.00000192. The van der Waals surface area contributed by atoms with Crippen molar-refractivity contribution in [3.05, 3.63) is 71.3 Å². The second-order valence-electron chi connectivity index (χ2n) is 6.04. The average molecular weight is 339 g/mol. The summed E-state index contributed by atoms with van der Waals surface area (Å²) in [6.07, 6.45) is 1.25. The molecule has 5 heteroatoms. The third kappa shape index (κ3) is 4.08. The number of likely N-dealkylation sites (tertiary alicyclic amines) is 1. The maximum absolute atomic E-state index is 14.0. The molecular formula is C18H21ClF2N2. The van der Waals surface area contributed by atoms with Crippen molar-refractivity contribution in [2.75, 3.05) is 13.1 Å². The Bertz CT molecular complexity index is 641. The molecule has 2 aromatic carbocycles. The second-order valence-corrected chi connectivity index (χ2v) is 6.04. The Hall–Kier alpha value is -1.49. The van der Waals surface area contributed by atoms with E-state index in [0.717, 1.165) is 31.8 Å². The van der Waals surface area contributed by atoms with E-state index in [1.54, 1.807) is 0 Å². The van der Waals surface area contributed by atoms with Crippen molar-refractivity contribution in [1.29, 1.82) is 0 Å². The molecular weight excluding hydrogens is 318 g/mol. The van der Waals surface area contributed by atoms with Crippen LogP contribution in [0.3, 0.4) is 0 Å². The maximum atomic E-state index is 14.0. The summed E-state index contributed by atoms with van der Waals surface area (Å²) >= 11 is 0. The summed E-state index contributed by atoms with van der Waals surface area (Å²) in [7, 11) is 0. The van der Waals surface area contributed by atoms with Gasteiger partial charge in [0.05, 0.1) is 0 Å². The Kier molecular flexibility index (Phi) is 5.74. The van der Waals surface area contributed by atoms with Gasteiger partial charge in [0.25, 0.3) is 0 Å². The van der Waals surface area contributed by atoms with E-state index in [2.05, 4.69) is 17.0 Å². The van der Waals surface area contributed by atoms with Gasteiger partial charge in [-0.05, 0) is 36.6 Å². The van der Waals surface area contributed by atoms with Gasteiger partial charge in [-0.15, -0.1) is 12.4 Å². The zero-order valence-electron chi connectivity index (χ0n) is 12.8. The minimum atomic E-state index is -0.778. The number of nitrogens with zero attached hydrogens (tertiary/aromatic N) is 1. The molecule has 2 nitrogen and oxygen atoms in total. The number of hydrogen-bond donors (Lipinski definition) is 1. The number of nitrogens with two attached hydrogens (primary N) is 1. The van der Waals surface area contributed by atoms with Gasteiger partial charge in [-0.2, -0.15) is 0 Å². The molecule has 1 fully saturated rings. The highest BCUT2D eigenvalue weighted by Crippen LogP contribution is 2.32. The molecule has 1 heterocycles. The standard InChI is InChI=1S/C18H20F2N2.ClH/c19-15-6-7-17(20)16(12-15)18(21)8-10-22(11-9-18)13-14-4-2-1-3-5-14;/h1-7,12H,8-11,13,21H2;1H. The molecule has 0 bridgehead atoms. The van der Waals surface area contributed by atoms with E-state index in [1.807, 2.05) is 18.2 Å². The minimum absolute atomic E-state index is 0. The fraction of sp³-hybridized carbons (Fsp3) is 0.333. The first-order valence-electron chi connectivity index (χ1n) is 7.57. The van der Waals surface area contributed by atoms with Crippen LogP contribution in [0.4, 0.5) is 8.78 Å². The molecule has 1 aliphatic heterocycles. The van der Waals surface area contributed by atoms with Gasteiger partial charge < -0.3 is 5.73 Å². The van der Waals surface area contributed by atoms with E-state index in [1.165, 1.54) is 11.6 Å². The van der Waals surface area contributed by atoms with Crippen molar-refractivity contribution < 1.29 is 8.78 Å². The summed E-state index contributed by atoms with van der Waals surface area (Å²) in [4.78, 5) is 2.30. The lowest BCUT2D eigenvalue weighted by molar-refractivity contribution is 0.152. The Morgan fingerprint density at radius 1 is 1.00 bits per heavy atom. The SMILES string of the molecule is Cl.NC1(c2cc(F)ccc2F)CCN(Cc2ccccc2)CC1. The van der Waals surface area contributed by atoms with Gasteiger partial charge >= 0.3 is 0 Å². The van der Waals surface area contributed by atoms with Gasteiger partial charge in [0, 0.05) is 30.7 Å². The van der Waals surface area contributed by atoms with Crippen LogP contribution in [0.5, 0.6) is 0 Å². The molecule has 23 heavy (non-hydrogen) atoms. The minimum Gasteiger partial charge on any atom is -0.321 e. The maximum Gasteiger partial charge on any atom is 0.128 e. The topological polar surface area (TPSA) is 29.3 Å². The molecule has 1 aliphatic rings. The number of hydrogen-bond acceptors (Lipinski definition) is 2. The molecule has 2 N–H and O–H groups in total. The number of rotatable bonds is 3. The Morgan fingerprint density at radius 2 is 1.65 bits per heavy atom. The molecule has 0 saturated carbocycles. The van der Waals surface area contributed by atoms with Crippen LogP contribution in [0.2, 0.25) is 0 Å². The highest BCUT2D eigenvalue weighted by molar-refractivity contribution is 5.85. The third-order valence-corrected chi connectivity index (χ3v) is 4.46. The molecule has 124 valence electrons. The predicted molar refractivity (Wildman–Crippen MR) is 90.4 cm³/mol. The first-order valence-corrected chi connectivity index (χ1v) is 7.57. The van der Waals surface area contributed by atoms with Crippen LogP contribution in [0.1, 0.15) is 24.0 Å². The molecule has 0 amide bonds. The normalized spacial score (nSPS) is 17.5. The number of benzene rings is 2. The van der Waals surface area contributed by atoms with Crippen molar-refractivity contribution >= 4 is 12.4 Å². The summed E-state index contributed by atoms with van der Waals surface area (Å²) in [6, 6.07) is 13.8. The lowest BCUT2D eigenvalue weighted by Crippen LogP contribution is -2.48. The van der Waals surface area contributed by atoms with E-state index >= 15 is 0 Å². The lowest BCUT2D eigenvalue weighted by atomic mass is 9.81. The van der Waals surface area contributed by atoms with Crippen molar-refractivity contribution in [2.45, 2.75) is 24.9 Å². The molecule has 0 atom stereocenters. The molecule has 1 saturated heterocycles. The second kappa shape index (κ2) is 7.39. The fourth-order valence-corrected chi connectivity index (χ4v) is 3.10. The smallest absolute Gasteiger partial charge is 0.128 e. The Labute approximate surface area is 141 Å². The van der Waals surface area contributed by atoms with Gasteiger partial charge in [-0.1, -0.05) is 30.3 Å². The van der Waals surface area contributed by atoms with Gasteiger partial charge in [-0.3, -0.25) is 4.90 Å². The highest BCUT2D eigenvalue weighted by Gasteiger charge is 2.34. The zero-order chi connectivity index (χ0) is 15.6. The van der Waals surface area contributed by atoms with Gasteiger partial charge in [-0.25, -0.2) is 8.78 Å². The Morgan fingerprint density at radius 3 is 2.30 bits per heavy atom. The summed E-state index contributed by atoms with van der Waals surface area (Å²) in [5, 5.41) is 0. The van der Waals surface area contributed by atoms with E-state index in [0.29, 0.717) is 18.4 Å². The number of halogens is 3. The molecule has 0 aliphatic carbocycles. The van der Waals surface area contributed by atoms with Crippen LogP contribution in [-0.2, 0) is 12.1 Å². The molecule has 0 radical (unpaired) electrons.